The van der Waals surface area contributed by atoms with Gasteiger partial charge in [0.2, 0.25) is 0 Å². The van der Waals surface area contributed by atoms with Crippen molar-refractivity contribution in [3.63, 3.8) is 0 Å². The summed E-state index contributed by atoms with van der Waals surface area (Å²) in [6.45, 7) is 4.77. The van der Waals surface area contributed by atoms with Crippen molar-refractivity contribution >= 4 is 23.8 Å². The summed E-state index contributed by atoms with van der Waals surface area (Å²) in [5.74, 6) is 0.0346. The fourth-order valence-corrected chi connectivity index (χ4v) is 2.19. The zero-order chi connectivity index (χ0) is 14.7. The normalized spacial score (nSPS) is 12.2. The zero-order valence-corrected chi connectivity index (χ0v) is 12.9. The SMILES string of the molecule is CSCCCCNC(=O)NCC(CC(C)C)C(=O)O. The minimum Gasteiger partial charge on any atom is -0.481 e. The molecule has 0 saturated heterocycles. The summed E-state index contributed by atoms with van der Waals surface area (Å²) < 4.78 is 0. The Kier molecular flexibility index (Phi) is 10.4. The van der Waals surface area contributed by atoms with E-state index in [2.05, 4.69) is 16.9 Å². The van der Waals surface area contributed by atoms with Gasteiger partial charge < -0.3 is 15.7 Å². The van der Waals surface area contributed by atoms with Crippen LogP contribution in [0.15, 0.2) is 0 Å². The standard InChI is InChI=1S/C13H26N2O3S/c1-10(2)8-11(12(16)17)9-15-13(18)14-6-4-5-7-19-3/h10-11H,4-9H2,1-3H3,(H,16,17)(H2,14,15,18). The van der Waals surface area contributed by atoms with Crippen molar-refractivity contribution in [3.05, 3.63) is 0 Å². The monoisotopic (exact) mass is 290 g/mol. The summed E-state index contributed by atoms with van der Waals surface area (Å²) in [4.78, 5) is 22.5. The van der Waals surface area contributed by atoms with Crippen LogP contribution in [-0.4, -0.2) is 42.2 Å². The quantitative estimate of drug-likeness (QED) is 0.539. The Labute approximate surface area is 119 Å². The Hall–Kier alpha value is -0.910. The minimum absolute atomic E-state index is 0.185. The van der Waals surface area contributed by atoms with E-state index in [1.807, 2.05) is 13.8 Å². The maximum atomic E-state index is 11.5. The van der Waals surface area contributed by atoms with Gasteiger partial charge in [-0.3, -0.25) is 4.79 Å². The highest BCUT2D eigenvalue weighted by Gasteiger charge is 2.19. The third-order valence-corrected chi connectivity index (χ3v) is 3.37. The molecule has 0 saturated carbocycles. The van der Waals surface area contributed by atoms with Crippen molar-refractivity contribution < 1.29 is 14.7 Å². The number of carboxylic acid groups (broad SMARTS) is 1. The van der Waals surface area contributed by atoms with Gasteiger partial charge in [-0.05, 0) is 37.2 Å². The van der Waals surface area contributed by atoms with Crippen LogP contribution in [-0.2, 0) is 4.79 Å². The second-order valence-electron chi connectivity index (χ2n) is 5.00. The van der Waals surface area contributed by atoms with Gasteiger partial charge in [0.1, 0.15) is 0 Å². The first-order valence-corrected chi connectivity index (χ1v) is 8.10. The number of aliphatic carboxylic acids is 1. The van der Waals surface area contributed by atoms with Crippen LogP contribution >= 0.6 is 11.8 Å². The number of unbranched alkanes of at least 4 members (excludes halogenated alkanes) is 1. The van der Waals surface area contributed by atoms with Crippen molar-refractivity contribution in [1.82, 2.24) is 10.6 Å². The van der Waals surface area contributed by atoms with Crippen molar-refractivity contribution in [1.29, 1.82) is 0 Å². The van der Waals surface area contributed by atoms with Gasteiger partial charge in [0, 0.05) is 13.1 Å². The van der Waals surface area contributed by atoms with Crippen LogP contribution in [0.2, 0.25) is 0 Å². The highest BCUT2D eigenvalue weighted by atomic mass is 32.2. The van der Waals surface area contributed by atoms with Gasteiger partial charge in [-0.25, -0.2) is 4.79 Å². The predicted octanol–water partition coefficient (Wildman–Crippen LogP) is 2.18. The predicted molar refractivity (Wildman–Crippen MR) is 79.6 cm³/mol. The topological polar surface area (TPSA) is 78.4 Å². The highest BCUT2D eigenvalue weighted by Crippen LogP contribution is 2.10. The molecule has 1 atom stereocenters. The van der Waals surface area contributed by atoms with Crippen LogP contribution < -0.4 is 10.6 Å². The Balaban J connectivity index is 3.76. The Morgan fingerprint density at radius 1 is 1.21 bits per heavy atom. The fourth-order valence-electron chi connectivity index (χ4n) is 1.69. The summed E-state index contributed by atoms with van der Waals surface area (Å²) in [6, 6.07) is -0.279. The molecular weight excluding hydrogens is 264 g/mol. The molecule has 5 nitrogen and oxygen atoms in total. The summed E-state index contributed by atoms with van der Waals surface area (Å²) >= 11 is 1.79. The summed E-state index contributed by atoms with van der Waals surface area (Å²) in [7, 11) is 0. The molecule has 112 valence electrons. The largest absolute Gasteiger partial charge is 0.481 e. The molecule has 0 fully saturated rings. The number of carbonyl (C=O) groups is 2. The van der Waals surface area contributed by atoms with Gasteiger partial charge in [-0.2, -0.15) is 11.8 Å². The first-order valence-electron chi connectivity index (χ1n) is 6.70. The van der Waals surface area contributed by atoms with Crippen molar-refractivity contribution in [3.8, 4) is 0 Å². The third kappa shape index (κ3) is 10.7. The molecule has 19 heavy (non-hydrogen) atoms. The first kappa shape index (κ1) is 18.1. The smallest absolute Gasteiger partial charge is 0.314 e. The summed E-state index contributed by atoms with van der Waals surface area (Å²) in [5, 5.41) is 14.4. The van der Waals surface area contributed by atoms with Gasteiger partial charge in [0.15, 0.2) is 0 Å². The molecular formula is C13H26N2O3S. The number of hydrogen-bond acceptors (Lipinski definition) is 3. The van der Waals surface area contributed by atoms with E-state index in [9.17, 15) is 9.59 Å². The molecule has 0 aromatic carbocycles. The Morgan fingerprint density at radius 3 is 2.42 bits per heavy atom. The van der Waals surface area contributed by atoms with Crippen LogP contribution in [0.5, 0.6) is 0 Å². The first-order chi connectivity index (χ1) is 8.97. The van der Waals surface area contributed by atoms with Crippen molar-refractivity contribution in [2.24, 2.45) is 11.8 Å². The highest BCUT2D eigenvalue weighted by molar-refractivity contribution is 7.98. The van der Waals surface area contributed by atoms with E-state index in [1.165, 1.54) is 0 Å². The number of nitrogens with one attached hydrogen (secondary N) is 2. The molecule has 2 amide bonds. The number of hydrogen-bond donors (Lipinski definition) is 3. The molecule has 1 unspecified atom stereocenters. The number of thioether (sulfide) groups is 1. The number of rotatable bonds is 10. The zero-order valence-electron chi connectivity index (χ0n) is 12.1. The third-order valence-electron chi connectivity index (χ3n) is 2.67. The van der Waals surface area contributed by atoms with Gasteiger partial charge in [0.25, 0.3) is 0 Å². The lowest BCUT2D eigenvalue weighted by molar-refractivity contribution is -0.142. The lowest BCUT2D eigenvalue weighted by Crippen LogP contribution is -2.40. The lowest BCUT2D eigenvalue weighted by atomic mass is 9.97. The molecule has 0 aromatic heterocycles. The van der Waals surface area contributed by atoms with E-state index in [0.717, 1.165) is 18.6 Å². The van der Waals surface area contributed by atoms with Crippen molar-refractivity contribution in [2.45, 2.75) is 33.1 Å². The molecule has 0 aliphatic heterocycles. The number of amides is 2. The molecule has 0 aliphatic carbocycles. The molecule has 0 bridgehead atoms. The lowest BCUT2D eigenvalue weighted by Gasteiger charge is -2.15. The van der Waals surface area contributed by atoms with Gasteiger partial charge in [-0.15, -0.1) is 0 Å². The molecule has 0 spiro atoms. The van der Waals surface area contributed by atoms with Crippen LogP contribution in [0.3, 0.4) is 0 Å². The van der Waals surface area contributed by atoms with Crippen LogP contribution in [0.1, 0.15) is 33.1 Å². The minimum atomic E-state index is -0.853. The fraction of sp³-hybridized carbons (Fsp3) is 0.846. The molecule has 0 aromatic rings. The van der Waals surface area contributed by atoms with Crippen LogP contribution in [0.4, 0.5) is 4.79 Å². The maximum absolute atomic E-state index is 11.5. The summed E-state index contributed by atoms with van der Waals surface area (Å²) in [6.07, 6.45) is 4.65. The molecule has 0 heterocycles. The Bertz CT molecular complexity index is 273. The van der Waals surface area contributed by atoms with E-state index in [1.54, 1.807) is 11.8 Å². The summed E-state index contributed by atoms with van der Waals surface area (Å²) in [5.41, 5.74) is 0. The second kappa shape index (κ2) is 11.0. The average molecular weight is 290 g/mol. The molecule has 0 radical (unpaired) electrons. The number of urea groups is 1. The van der Waals surface area contributed by atoms with E-state index in [-0.39, 0.29) is 12.6 Å². The van der Waals surface area contributed by atoms with E-state index >= 15 is 0 Å². The molecule has 3 N–H and O–H groups in total. The van der Waals surface area contributed by atoms with Crippen LogP contribution in [0.25, 0.3) is 0 Å². The number of carbonyl (C=O) groups excluding carboxylic acids is 1. The molecule has 0 aliphatic rings. The number of carboxylic acids is 1. The van der Waals surface area contributed by atoms with Gasteiger partial charge in [-0.1, -0.05) is 13.8 Å². The molecule has 0 rings (SSSR count). The van der Waals surface area contributed by atoms with Gasteiger partial charge in [0.05, 0.1) is 5.92 Å². The van der Waals surface area contributed by atoms with E-state index in [0.29, 0.717) is 18.9 Å². The van der Waals surface area contributed by atoms with Crippen LogP contribution in [0, 0.1) is 11.8 Å². The molecule has 6 heteroatoms. The maximum Gasteiger partial charge on any atom is 0.314 e. The van der Waals surface area contributed by atoms with E-state index in [4.69, 9.17) is 5.11 Å². The Morgan fingerprint density at radius 2 is 1.89 bits per heavy atom. The second-order valence-corrected chi connectivity index (χ2v) is 5.99. The average Bonchev–Trinajstić information content (AvgIpc) is 2.33. The van der Waals surface area contributed by atoms with Crippen molar-refractivity contribution in [2.75, 3.05) is 25.1 Å². The van der Waals surface area contributed by atoms with E-state index < -0.39 is 11.9 Å². The van der Waals surface area contributed by atoms with Gasteiger partial charge >= 0.3 is 12.0 Å².